The number of ether oxygens (including phenoxy) is 1. The van der Waals surface area contributed by atoms with Gasteiger partial charge in [-0.05, 0) is 52.3 Å². The number of H-pyrrole nitrogens is 1. The highest BCUT2D eigenvalue weighted by Gasteiger charge is 2.24. The van der Waals surface area contributed by atoms with Gasteiger partial charge in [-0.15, -0.1) is 0 Å². The fraction of sp³-hybridized carbons (Fsp3) is 0.714. The lowest BCUT2D eigenvalue weighted by molar-refractivity contribution is -0.141. The molecule has 0 radical (unpaired) electrons. The molecule has 1 fully saturated rings. The first-order valence-corrected chi connectivity index (χ1v) is 6.94. The van der Waals surface area contributed by atoms with Crippen molar-refractivity contribution >= 4 is 5.97 Å². The number of nitrogens with zero attached hydrogens (tertiary/aromatic N) is 2. The molecule has 5 heteroatoms. The smallest absolute Gasteiger partial charge is 0.306 e. The Bertz CT molecular complexity index is 422. The van der Waals surface area contributed by atoms with Gasteiger partial charge in [0, 0.05) is 18.7 Å². The quantitative estimate of drug-likeness (QED) is 0.794. The Labute approximate surface area is 114 Å². The van der Waals surface area contributed by atoms with Crippen LogP contribution in [0.2, 0.25) is 0 Å². The molecule has 1 atom stereocenters. The lowest BCUT2D eigenvalue weighted by Crippen LogP contribution is -2.30. The van der Waals surface area contributed by atoms with Crippen molar-refractivity contribution < 1.29 is 9.53 Å². The molecule has 0 spiro atoms. The molecule has 2 rings (SSSR count). The molecular formula is C14H23N3O2. The van der Waals surface area contributed by atoms with Gasteiger partial charge >= 0.3 is 5.97 Å². The van der Waals surface area contributed by atoms with Gasteiger partial charge in [0.25, 0.3) is 0 Å². The zero-order valence-corrected chi connectivity index (χ0v) is 12.0. The number of hydrogen-bond acceptors (Lipinski definition) is 4. The van der Waals surface area contributed by atoms with Crippen LogP contribution in [0.15, 0.2) is 0 Å². The van der Waals surface area contributed by atoms with E-state index in [1.165, 1.54) is 11.3 Å². The number of aromatic amines is 1. The van der Waals surface area contributed by atoms with Crippen LogP contribution in [0.4, 0.5) is 0 Å². The SMILES string of the molecule is Cc1n[nH]c(C)c1CCCN(C)C[C@H]1CCC(=O)O1. The fourth-order valence-electron chi connectivity index (χ4n) is 2.62. The summed E-state index contributed by atoms with van der Waals surface area (Å²) in [5.74, 6) is -0.0527. The van der Waals surface area contributed by atoms with Gasteiger partial charge in [-0.3, -0.25) is 9.89 Å². The monoisotopic (exact) mass is 265 g/mol. The summed E-state index contributed by atoms with van der Waals surface area (Å²) in [5, 5.41) is 7.23. The molecule has 0 saturated carbocycles. The van der Waals surface area contributed by atoms with Gasteiger partial charge in [0.05, 0.1) is 5.69 Å². The first-order valence-electron chi connectivity index (χ1n) is 6.94. The maximum absolute atomic E-state index is 11.0. The van der Waals surface area contributed by atoms with Crippen LogP contribution in [0.5, 0.6) is 0 Å². The van der Waals surface area contributed by atoms with Crippen LogP contribution >= 0.6 is 0 Å². The zero-order chi connectivity index (χ0) is 13.8. The molecule has 0 unspecified atom stereocenters. The van der Waals surface area contributed by atoms with Crippen LogP contribution in [-0.4, -0.2) is 47.3 Å². The van der Waals surface area contributed by atoms with E-state index in [2.05, 4.69) is 29.1 Å². The molecule has 1 N–H and O–H groups in total. The summed E-state index contributed by atoms with van der Waals surface area (Å²) in [4.78, 5) is 13.3. The van der Waals surface area contributed by atoms with Crippen molar-refractivity contribution in [1.29, 1.82) is 0 Å². The van der Waals surface area contributed by atoms with Crippen molar-refractivity contribution in [3.8, 4) is 0 Å². The van der Waals surface area contributed by atoms with E-state index in [0.717, 1.165) is 38.0 Å². The molecule has 1 aromatic rings. The number of rotatable bonds is 6. The summed E-state index contributed by atoms with van der Waals surface area (Å²) >= 11 is 0. The first-order chi connectivity index (χ1) is 9.06. The minimum atomic E-state index is -0.0527. The van der Waals surface area contributed by atoms with Gasteiger partial charge in [0.2, 0.25) is 0 Å². The molecule has 106 valence electrons. The molecule has 1 saturated heterocycles. The lowest BCUT2D eigenvalue weighted by Gasteiger charge is -2.19. The second-order valence-corrected chi connectivity index (χ2v) is 5.43. The van der Waals surface area contributed by atoms with Crippen LogP contribution in [-0.2, 0) is 16.0 Å². The van der Waals surface area contributed by atoms with Crippen LogP contribution in [0.1, 0.15) is 36.2 Å². The van der Waals surface area contributed by atoms with E-state index >= 15 is 0 Å². The predicted octanol–water partition coefficient (Wildman–Crippen LogP) is 1.60. The summed E-state index contributed by atoms with van der Waals surface area (Å²) < 4.78 is 5.23. The van der Waals surface area contributed by atoms with Gasteiger partial charge < -0.3 is 9.64 Å². The third-order valence-electron chi connectivity index (χ3n) is 3.73. The number of esters is 1. The second-order valence-electron chi connectivity index (χ2n) is 5.43. The predicted molar refractivity (Wildman–Crippen MR) is 73.0 cm³/mol. The van der Waals surface area contributed by atoms with E-state index in [4.69, 9.17) is 4.74 Å². The highest BCUT2D eigenvalue weighted by molar-refractivity contribution is 5.71. The van der Waals surface area contributed by atoms with Gasteiger partial charge in [-0.2, -0.15) is 5.10 Å². The molecule has 0 bridgehead atoms. The molecule has 1 aliphatic rings. The van der Waals surface area contributed by atoms with Crippen molar-refractivity contribution in [2.75, 3.05) is 20.1 Å². The second kappa shape index (κ2) is 6.19. The van der Waals surface area contributed by atoms with E-state index in [1.807, 2.05) is 6.92 Å². The van der Waals surface area contributed by atoms with Gasteiger partial charge in [-0.1, -0.05) is 0 Å². The van der Waals surface area contributed by atoms with Crippen LogP contribution in [0, 0.1) is 13.8 Å². The van der Waals surface area contributed by atoms with Gasteiger partial charge in [0.15, 0.2) is 0 Å². The number of carbonyl (C=O) groups is 1. The molecule has 0 amide bonds. The maximum Gasteiger partial charge on any atom is 0.306 e. The highest BCUT2D eigenvalue weighted by Crippen LogP contribution is 2.15. The van der Waals surface area contributed by atoms with E-state index < -0.39 is 0 Å². The third-order valence-corrected chi connectivity index (χ3v) is 3.73. The van der Waals surface area contributed by atoms with Crippen molar-refractivity contribution in [1.82, 2.24) is 15.1 Å². The molecule has 1 aromatic heterocycles. The van der Waals surface area contributed by atoms with Crippen molar-refractivity contribution in [2.24, 2.45) is 0 Å². The fourth-order valence-corrected chi connectivity index (χ4v) is 2.62. The number of likely N-dealkylation sites (N-methyl/N-ethyl adjacent to an activating group) is 1. The zero-order valence-electron chi connectivity index (χ0n) is 12.0. The molecule has 0 aromatic carbocycles. The summed E-state index contributed by atoms with van der Waals surface area (Å²) in [6, 6.07) is 0. The summed E-state index contributed by atoms with van der Waals surface area (Å²) in [6.07, 6.45) is 3.67. The average molecular weight is 265 g/mol. The van der Waals surface area contributed by atoms with Crippen molar-refractivity contribution in [3.63, 3.8) is 0 Å². The Morgan fingerprint density at radius 3 is 2.84 bits per heavy atom. The molecular weight excluding hydrogens is 242 g/mol. The Kier molecular flexibility index (Phi) is 4.58. The Morgan fingerprint density at radius 2 is 2.26 bits per heavy atom. The summed E-state index contributed by atoms with van der Waals surface area (Å²) in [6.45, 7) is 5.96. The number of cyclic esters (lactones) is 1. The van der Waals surface area contributed by atoms with Crippen LogP contribution in [0.25, 0.3) is 0 Å². The van der Waals surface area contributed by atoms with E-state index in [0.29, 0.717) is 6.42 Å². The number of aryl methyl sites for hydroxylation is 2. The first kappa shape index (κ1) is 14.1. The van der Waals surface area contributed by atoms with Crippen molar-refractivity contribution in [3.05, 3.63) is 17.0 Å². The largest absolute Gasteiger partial charge is 0.461 e. The summed E-state index contributed by atoms with van der Waals surface area (Å²) in [7, 11) is 2.08. The van der Waals surface area contributed by atoms with E-state index in [1.54, 1.807) is 0 Å². The Balaban J connectivity index is 1.69. The molecule has 2 heterocycles. The maximum atomic E-state index is 11.0. The third kappa shape index (κ3) is 3.80. The number of hydrogen-bond donors (Lipinski definition) is 1. The molecule has 1 aliphatic heterocycles. The highest BCUT2D eigenvalue weighted by atomic mass is 16.5. The van der Waals surface area contributed by atoms with Crippen LogP contribution in [0.3, 0.4) is 0 Å². The number of nitrogens with one attached hydrogen (secondary N) is 1. The normalized spacial score (nSPS) is 19.2. The lowest BCUT2D eigenvalue weighted by atomic mass is 10.1. The Morgan fingerprint density at radius 1 is 1.47 bits per heavy atom. The van der Waals surface area contributed by atoms with E-state index in [-0.39, 0.29) is 12.1 Å². The number of carbonyl (C=O) groups excluding carboxylic acids is 1. The average Bonchev–Trinajstić information content (AvgIpc) is 2.89. The Hall–Kier alpha value is -1.36. The minimum absolute atomic E-state index is 0.0527. The minimum Gasteiger partial charge on any atom is -0.461 e. The van der Waals surface area contributed by atoms with Gasteiger partial charge in [-0.25, -0.2) is 0 Å². The van der Waals surface area contributed by atoms with E-state index in [9.17, 15) is 4.79 Å². The molecule has 0 aliphatic carbocycles. The topological polar surface area (TPSA) is 58.2 Å². The standard InChI is InChI=1S/C14H23N3O2/c1-10-13(11(2)16-15-10)5-4-8-17(3)9-12-6-7-14(18)19-12/h12H,4-9H2,1-3H3,(H,15,16)/t12-/m1/s1. The van der Waals surface area contributed by atoms with Crippen LogP contribution < -0.4 is 0 Å². The molecule has 19 heavy (non-hydrogen) atoms. The molecule has 5 nitrogen and oxygen atoms in total. The number of aromatic nitrogens is 2. The van der Waals surface area contributed by atoms with Gasteiger partial charge in [0.1, 0.15) is 6.10 Å². The van der Waals surface area contributed by atoms with Crippen molar-refractivity contribution in [2.45, 2.75) is 45.6 Å². The summed E-state index contributed by atoms with van der Waals surface area (Å²) in [5.41, 5.74) is 3.61.